The minimum absolute atomic E-state index is 0.149. The van der Waals surface area contributed by atoms with E-state index >= 15 is 0 Å². The molecule has 0 saturated heterocycles. The zero-order valence-corrected chi connectivity index (χ0v) is 9.82. The predicted molar refractivity (Wildman–Crippen MR) is 62.7 cm³/mol. The molecule has 15 heavy (non-hydrogen) atoms. The van der Waals surface area contributed by atoms with Gasteiger partial charge in [-0.05, 0) is 25.2 Å². The highest BCUT2D eigenvalue weighted by Gasteiger charge is 2.06. The molecule has 0 atom stereocenters. The van der Waals surface area contributed by atoms with Gasteiger partial charge in [-0.1, -0.05) is 23.2 Å². The summed E-state index contributed by atoms with van der Waals surface area (Å²) in [6.45, 7) is 1.31. The van der Waals surface area contributed by atoms with Crippen molar-refractivity contribution in [2.75, 3.05) is 20.1 Å². The van der Waals surface area contributed by atoms with Crippen molar-refractivity contribution in [3.8, 4) is 0 Å². The van der Waals surface area contributed by atoms with Crippen LogP contribution in [0.15, 0.2) is 18.2 Å². The van der Waals surface area contributed by atoms with Gasteiger partial charge >= 0.3 is 0 Å². The van der Waals surface area contributed by atoms with Gasteiger partial charge in [-0.3, -0.25) is 4.79 Å². The van der Waals surface area contributed by atoms with Gasteiger partial charge in [0.1, 0.15) is 0 Å². The summed E-state index contributed by atoms with van der Waals surface area (Å²) in [4.78, 5) is 11.5. The summed E-state index contributed by atoms with van der Waals surface area (Å²) in [6.07, 6.45) is 0. The van der Waals surface area contributed by atoms with Crippen LogP contribution in [0, 0.1) is 0 Å². The lowest BCUT2D eigenvalue weighted by Crippen LogP contribution is -2.30. The van der Waals surface area contributed by atoms with Gasteiger partial charge in [0, 0.05) is 18.7 Å². The molecule has 0 aliphatic carbocycles. The van der Waals surface area contributed by atoms with Crippen molar-refractivity contribution in [1.82, 2.24) is 10.6 Å². The smallest absolute Gasteiger partial charge is 0.251 e. The summed E-state index contributed by atoms with van der Waals surface area (Å²) in [5.41, 5.74) is 0.514. The topological polar surface area (TPSA) is 41.1 Å². The number of hydrogen-bond donors (Lipinski definition) is 2. The molecule has 1 aromatic rings. The number of likely N-dealkylation sites (N-methyl/N-ethyl adjacent to an activating group) is 1. The Morgan fingerprint density at radius 1 is 1.27 bits per heavy atom. The first kappa shape index (κ1) is 12.3. The molecule has 5 heteroatoms. The Morgan fingerprint density at radius 2 is 2.00 bits per heavy atom. The van der Waals surface area contributed by atoms with Crippen molar-refractivity contribution in [3.63, 3.8) is 0 Å². The predicted octanol–water partition coefficient (Wildman–Crippen LogP) is 1.94. The first-order valence-corrected chi connectivity index (χ1v) is 5.28. The molecule has 0 fully saturated rings. The standard InChI is InChI=1S/C10H12Cl2N2O/c1-13-4-5-14-10(15)7-2-3-8(11)9(12)6-7/h2-3,6,13H,4-5H2,1H3,(H,14,15). The fourth-order valence-corrected chi connectivity index (χ4v) is 1.34. The van der Waals surface area contributed by atoms with E-state index in [9.17, 15) is 4.79 Å². The van der Waals surface area contributed by atoms with Crippen LogP contribution in [0.4, 0.5) is 0 Å². The molecule has 0 unspecified atom stereocenters. The van der Waals surface area contributed by atoms with E-state index in [-0.39, 0.29) is 5.91 Å². The molecule has 0 bridgehead atoms. The van der Waals surface area contributed by atoms with Crippen LogP contribution in [-0.4, -0.2) is 26.0 Å². The van der Waals surface area contributed by atoms with Gasteiger partial charge in [0.2, 0.25) is 0 Å². The van der Waals surface area contributed by atoms with Crippen molar-refractivity contribution in [2.24, 2.45) is 0 Å². The fraction of sp³-hybridized carbons (Fsp3) is 0.300. The second kappa shape index (κ2) is 5.95. The Balaban J connectivity index is 2.62. The van der Waals surface area contributed by atoms with Gasteiger partial charge in [-0.25, -0.2) is 0 Å². The lowest BCUT2D eigenvalue weighted by atomic mass is 10.2. The molecule has 0 heterocycles. The number of carbonyl (C=O) groups is 1. The minimum Gasteiger partial charge on any atom is -0.351 e. The normalized spacial score (nSPS) is 10.1. The highest BCUT2D eigenvalue weighted by Crippen LogP contribution is 2.22. The lowest BCUT2D eigenvalue weighted by Gasteiger charge is -2.05. The number of hydrogen-bond acceptors (Lipinski definition) is 2. The second-order valence-electron chi connectivity index (χ2n) is 2.99. The third kappa shape index (κ3) is 3.70. The molecule has 1 aromatic carbocycles. The zero-order chi connectivity index (χ0) is 11.3. The summed E-state index contributed by atoms with van der Waals surface area (Å²) in [5, 5.41) is 6.51. The van der Waals surface area contributed by atoms with Crippen molar-refractivity contribution in [2.45, 2.75) is 0 Å². The highest BCUT2D eigenvalue weighted by molar-refractivity contribution is 6.42. The first-order chi connectivity index (χ1) is 7.15. The molecule has 0 aliphatic rings. The van der Waals surface area contributed by atoms with Crippen molar-refractivity contribution < 1.29 is 4.79 Å². The maximum Gasteiger partial charge on any atom is 0.251 e. The highest BCUT2D eigenvalue weighted by atomic mass is 35.5. The van der Waals surface area contributed by atoms with Crippen LogP contribution in [-0.2, 0) is 0 Å². The third-order valence-electron chi connectivity index (χ3n) is 1.84. The maximum absolute atomic E-state index is 11.5. The Kier molecular flexibility index (Phi) is 4.88. The van der Waals surface area contributed by atoms with E-state index in [4.69, 9.17) is 23.2 Å². The number of nitrogens with one attached hydrogen (secondary N) is 2. The van der Waals surface area contributed by atoms with Gasteiger partial charge < -0.3 is 10.6 Å². The number of halogens is 2. The molecule has 0 radical (unpaired) electrons. The Hall–Kier alpha value is -0.770. The van der Waals surface area contributed by atoms with E-state index in [1.807, 2.05) is 7.05 Å². The summed E-state index contributed by atoms with van der Waals surface area (Å²) in [7, 11) is 1.82. The SMILES string of the molecule is CNCCNC(=O)c1ccc(Cl)c(Cl)c1. The van der Waals surface area contributed by atoms with Crippen LogP contribution < -0.4 is 10.6 Å². The Morgan fingerprint density at radius 3 is 2.60 bits per heavy atom. The molecule has 0 spiro atoms. The number of amides is 1. The quantitative estimate of drug-likeness (QED) is 0.798. The molecule has 82 valence electrons. The molecule has 2 N–H and O–H groups in total. The zero-order valence-electron chi connectivity index (χ0n) is 8.31. The molecule has 0 saturated carbocycles. The van der Waals surface area contributed by atoms with Crippen LogP contribution in [0.1, 0.15) is 10.4 Å². The van der Waals surface area contributed by atoms with Gasteiger partial charge in [0.25, 0.3) is 5.91 Å². The largest absolute Gasteiger partial charge is 0.351 e. The molecule has 1 amide bonds. The van der Waals surface area contributed by atoms with Gasteiger partial charge in [0.15, 0.2) is 0 Å². The van der Waals surface area contributed by atoms with Crippen LogP contribution >= 0.6 is 23.2 Å². The van der Waals surface area contributed by atoms with Gasteiger partial charge in [-0.15, -0.1) is 0 Å². The molecule has 3 nitrogen and oxygen atoms in total. The number of rotatable bonds is 4. The summed E-state index contributed by atoms with van der Waals surface area (Å²) in [6, 6.07) is 4.80. The average molecular weight is 247 g/mol. The van der Waals surface area contributed by atoms with Crippen molar-refractivity contribution in [1.29, 1.82) is 0 Å². The summed E-state index contributed by atoms with van der Waals surface area (Å²) >= 11 is 11.5. The van der Waals surface area contributed by atoms with E-state index < -0.39 is 0 Å². The Labute approximate surface area is 98.8 Å². The van der Waals surface area contributed by atoms with Crippen LogP contribution in [0.25, 0.3) is 0 Å². The lowest BCUT2D eigenvalue weighted by molar-refractivity contribution is 0.0954. The second-order valence-corrected chi connectivity index (χ2v) is 3.80. The first-order valence-electron chi connectivity index (χ1n) is 4.53. The van der Waals surface area contributed by atoms with Crippen LogP contribution in [0.3, 0.4) is 0 Å². The van der Waals surface area contributed by atoms with Crippen LogP contribution in [0.5, 0.6) is 0 Å². The molecule has 1 rings (SSSR count). The molecular weight excluding hydrogens is 235 g/mol. The maximum atomic E-state index is 11.5. The van der Waals surface area contributed by atoms with Crippen LogP contribution in [0.2, 0.25) is 10.0 Å². The van der Waals surface area contributed by atoms with Crippen molar-refractivity contribution >= 4 is 29.1 Å². The summed E-state index contributed by atoms with van der Waals surface area (Å²) < 4.78 is 0. The van der Waals surface area contributed by atoms with E-state index in [1.165, 1.54) is 0 Å². The van der Waals surface area contributed by atoms with E-state index in [2.05, 4.69) is 10.6 Å². The average Bonchev–Trinajstić information content (AvgIpc) is 2.22. The van der Waals surface area contributed by atoms with Crippen molar-refractivity contribution in [3.05, 3.63) is 33.8 Å². The van der Waals surface area contributed by atoms with E-state index in [0.29, 0.717) is 22.2 Å². The Bertz CT molecular complexity index is 355. The minimum atomic E-state index is -0.149. The number of benzene rings is 1. The fourth-order valence-electron chi connectivity index (χ4n) is 1.04. The molecule has 0 aromatic heterocycles. The monoisotopic (exact) mass is 246 g/mol. The van der Waals surface area contributed by atoms with E-state index in [0.717, 1.165) is 6.54 Å². The molecule has 0 aliphatic heterocycles. The number of carbonyl (C=O) groups excluding carboxylic acids is 1. The van der Waals surface area contributed by atoms with E-state index in [1.54, 1.807) is 18.2 Å². The third-order valence-corrected chi connectivity index (χ3v) is 2.58. The molecular formula is C10H12Cl2N2O. The summed E-state index contributed by atoms with van der Waals surface area (Å²) in [5.74, 6) is -0.149. The van der Waals surface area contributed by atoms with Gasteiger partial charge in [-0.2, -0.15) is 0 Å². The van der Waals surface area contributed by atoms with Gasteiger partial charge in [0.05, 0.1) is 10.0 Å².